The number of rotatable bonds is 6. The van der Waals surface area contributed by atoms with Crippen molar-refractivity contribution in [3.05, 3.63) is 90.1 Å². The van der Waals surface area contributed by atoms with Crippen molar-refractivity contribution in [2.75, 3.05) is 14.2 Å². The summed E-state index contributed by atoms with van der Waals surface area (Å²) >= 11 is 0. The average molecular weight is 538 g/mol. The molecule has 0 aliphatic carbocycles. The standard InChI is InChI=1S/C31H31BN2O6/c1-30(2)31(3,4)40-32(39-30)23-18-16-21(17-19-23)20-12-14-22(15-13-20)26-25(28(35)37-5)27(29(36)38-6)34(33-26)24-10-8-7-9-11-24/h7-19H,1-6H3. The molecule has 0 unspecified atom stereocenters. The van der Waals surface area contributed by atoms with Crippen LogP contribution in [-0.2, 0) is 18.8 Å². The van der Waals surface area contributed by atoms with E-state index in [4.69, 9.17) is 18.8 Å². The number of benzene rings is 3. The smallest absolute Gasteiger partial charge is 0.465 e. The number of esters is 2. The van der Waals surface area contributed by atoms with Crippen LogP contribution in [0.5, 0.6) is 0 Å². The number of hydrogen-bond acceptors (Lipinski definition) is 7. The maximum Gasteiger partial charge on any atom is 0.494 e. The second kappa shape index (κ2) is 10.4. The Bertz CT molecular complexity index is 1530. The second-order valence-corrected chi connectivity index (χ2v) is 10.6. The molecule has 9 heteroatoms. The van der Waals surface area contributed by atoms with Gasteiger partial charge in [0.25, 0.3) is 0 Å². The highest BCUT2D eigenvalue weighted by atomic mass is 16.7. The molecule has 0 spiro atoms. The fourth-order valence-electron chi connectivity index (χ4n) is 4.59. The van der Waals surface area contributed by atoms with Gasteiger partial charge in [-0.2, -0.15) is 5.10 Å². The number of aromatic nitrogens is 2. The van der Waals surface area contributed by atoms with Crippen molar-refractivity contribution in [2.45, 2.75) is 38.9 Å². The molecule has 1 aliphatic rings. The van der Waals surface area contributed by atoms with Crippen molar-refractivity contribution in [1.29, 1.82) is 0 Å². The van der Waals surface area contributed by atoms with E-state index in [0.29, 0.717) is 16.9 Å². The molecular formula is C31H31BN2O6. The van der Waals surface area contributed by atoms with Crippen LogP contribution in [0.3, 0.4) is 0 Å². The predicted molar refractivity (Wildman–Crippen MR) is 153 cm³/mol. The maximum atomic E-state index is 12.9. The van der Waals surface area contributed by atoms with E-state index in [9.17, 15) is 9.59 Å². The number of hydrogen-bond donors (Lipinski definition) is 0. The number of carbonyl (C=O) groups excluding carboxylic acids is 2. The van der Waals surface area contributed by atoms with Crippen LogP contribution in [0, 0.1) is 0 Å². The Morgan fingerprint density at radius 2 is 1.23 bits per heavy atom. The third kappa shape index (κ3) is 4.82. The van der Waals surface area contributed by atoms with E-state index in [0.717, 1.165) is 16.6 Å². The normalized spacial score (nSPS) is 15.6. The first kappa shape index (κ1) is 27.4. The van der Waals surface area contributed by atoms with Crippen LogP contribution in [-0.4, -0.2) is 54.3 Å². The molecule has 5 rings (SSSR count). The minimum atomic E-state index is -0.693. The predicted octanol–water partition coefficient (Wildman–Crippen LogP) is 5.08. The van der Waals surface area contributed by atoms with Gasteiger partial charge in [-0.05, 0) is 56.4 Å². The Labute approximate surface area is 234 Å². The molecule has 0 N–H and O–H groups in total. The highest BCUT2D eigenvalue weighted by Crippen LogP contribution is 2.37. The first-order valence-electron chi connectivity index (χ1n) is 13.0. The SMILES string of the molecule is COC(=O)c1c(-c2ccc(-c3ccc(B4OC(C)(C)C(C)(C)O4)cc3)cc2)nn(-c2ccccc2)c1C(=O)OC. The van der Waals surface area contributed by atoms with Crippen LogP contribution in [0.1, 0.15) is 48.5 Å². The minimum absolute atomic E-state index is 0.00193. The molecule has 0 atom stereocenters. The molecule has 2 heterocycles. The zero-order chi connectivity index (χ0) is 28.7. The largest absolute Gasteiger partial charge is 0.494 e. The molecule has 3 aromatic carbocycles. The zero-order valence-electron chi connectivity index (χ0n) is 23.4. The van der Waals surface area contributed by atoms with E-state index in [2.05, 4.69) is 5.10 Å². The Kier molecular flexibility index (Phi) is 7.12. The van der Waals surface area contributed by atoms with Crippen LogP contribution in [0.15, 0.2) is 78.9 Å². The summed E-state index contributed by atoms with van der Waals surface area (Å²) in [5, 5.41) is 4.66. The van der Waals surface area contributed by atoms with Crippen LogP contribution >= 0.6 is 0 Å². The lowest BCUT2D eigenvalue weighted by Gasteiger charge is -2.32. The Hall–Kier alpha value is -4.21. The summed E-state index contributed by atoms with van der Waals surface area (Å²) < 4.78 is 23.8. The van der Waals surface area contributed by atoms with Gasteiger partial charge in [0.15, 0.2) is 5.69 Å². The summed E-state index contributed by atoms with van der Waals surface area (Å²) in [5.41, 5.74) is 3.73. The molecule has 1 saturated heterocycles. The molecule has 0 saturated carbocycles. The van der Waals surface area contributed by atoms with E-state index in [1.165, 1.54) is 18.9 Å². The van der Waals surface area contributed by atoms with Crippen LogP contribution < -0.4 is 5.46 Å². The zero-order valence-corrected chi connectivity index (χ0v) is 23.4. The molecule has 1 fully saturated rings. The molecule has 0 radical (unpaired) electrons. The van der Waals surface area contributed by atoms with Gasteiger partial charge < -0.3 is 18.8 Å². The first-order chi connectivity index (χ1) is 19.1. The van der Waals surface area contributed by atoms with Gasteiger partial charge in [0.1, 0.15) is 11.3 Å². The monoisotopic (exact) mass is 538 g/mol. The van der Waals surface area contributed by atoms with E-state index in [-0.39, 0.29) is 11.3 Å². The number of carbonyl (C=O) groups is 2. The molecule has 1 aliphatic heterocycles. The summed E-state index contributed by atoms with van der Waals surface area (Å²) in [6.45, 7) is 8.13. The fraction of sp³-hybridized carbons (Fsp3) is 0.258. The molecule has 204 valence electrons. The lowest BCUT2D eigenvalue weighted by atomic mass is 9.78. The third-order valence-electron chi connectivity index (χ3n) is 7.58. The number of ether oxygens (including phenoxy) is 2. The lowest BCUT2D eigenvalue weighted by molar-refractivity contribution is 0.00578. The van der Waals surface area contributed by atoms with Crippen LogP contribution in [0.25, 0.3) is 28.1 Å². The van der Waals surface area contributed by atoms with Crippen molar-refractivity contribution < 1.29 is 28.4 Å². The van der Waals surface area contributed by atoms with E-state index in [1.807, 2.05) is 94.4 Å². The van der Waals surface area contributed by atoms with Gasteiger partial charge in [-0.15, -0.1) is 0 Å². The summed E-state index contributed by atoms with van der Waals surface area (Å²) in [7, 11) is 2.10. The maximum absolute atomic E-state index is 12.9. The average Bonchev–Trinajstić information content (AvgIpc) is 3.47. The van der Waals surface area contributed by atoms with E-state index < -0.39 is 30.3 Å². The van der Waals surface area contributed by atoms with E-state index >= 15 is 0 Å². The van der Waals surface area contributed by atoms with E-state index in [1.54, 1.807) is 12.1 Å². The van der Waals surface area contributed by atoms with Gasteiger partial charge in [-0.1, -0.05) is 66.7 Å². The molecular weight excluding hydrogens is 507 g/mol. The number of nitrogens with zero attached hydrogens (tertiary/aromatic N) is 2. The highest BCUT2D eigenvalue weighted by Gasteiger charge is 2.51. The van der Waals surface area contributed by atoms with Gasteiger partial charge in [-0.3, -0.25) is 0 Å². The first-order valence-corrected chi connectivity index (χ1v) is 13.0. The minimum Gasteiger partial charge on any atom is -0.465 e. The summed E-state index contributed by atoms with van der Waals surface area (Å²) in [4.78, 5) is 25.7. The van der Waals surface area contributed by atoms with Gasteiger partial charge in [0.2, 0.25) is 0 Å². The van der Waals surface area contributed by atoms with Gasteiger partial charge in [0, 0.05) is 5.56 Å². The van der Waals surface area contributed by atoms with Crippen molar-refractivity contribution in [3.63, 3.8) is 0 Å². The molecule has 0 bridgehead atoms. The molecule has 40 heavy (non-hydrogen) atoms. The highest BCUT2D eigenvalue weighted by molar-refractivity contribution is 6.62. The molecule has 4 aromatic rings. The van der Waals surface area contributed by atoms with Gasteiger partial charge in [-0.25, -0.2) is 14.3 Å². The molecule has 1 aromatic heterocycles. The fourth-order valence-corrected chi connectivity index (χ4v) is 4.59. The van der Waals surface area contributed by atoms with Gasteiger partial charge in [0.05, 0.1) is 31.1 Å². The molecule has 0 amide bonds. The lowest BCUT2D eigenvalue weighted by Crippen LogP contribution is -2.41. The van der Waals surface area contributed by atoms with Gasteiger partial charge >= 0.3 is 19.1 Å². The molecule has 8 nitrogen and oxygen atoms in total. The van der Waals surface area contributed by atoms with Crippen molar-refractivity contribution in [1.82, 2.24) is 9.78 Å². The topological polar surface area (TPSA) is 88.9 Å². The summed E-state index contributed by atoms with van der Waals surface area (Å²) in [6, 6.07) is 24.8. The van der Waals surface area contributed by atoms with Crippen molar-refractivity contribution in [3.8, 4) is 28.1 Å². The Morgan fingerprint density at radius 1 is 0.725 bits per heavy atom. The summed E-state index contributed by atoms with van der Waals surface area (Å²) in [5.74, 6) is -1.37. The second-order valence-electron chi connectivity index (χ2n) is 10.6. The van der Waals surface area contributed by atoms with Crippen molar-refractivity contribution >= 4 is 24.5 Å². The van der Waals surface area contributed by atoms with Crippen molar-refractivity contribution in [2.24, 2.45) is 0 Å². The summed E-state index contributed by atoms with van der Waals surface area (Å²) in [6.07, 6.45) is 0. The number of para-hydroxylation sites is 1. The van der Waals surface area contributed by atoms with Crippen LogP contribution in [0.4, 0.5) is 0 Å². The Balaban J connectivity index is 1.49. The van der Waals surface area contributed by atoms with Crippen LogP contribution in [0.2, 0.25) is 0 Å². The quantitative estimate of drug-likeness (QED) is 0.250. The third-order valence-corrected chi connectivity index (χ3v) is 7.58. The number of methoxy groups -OCH3 is 2. The Morgan fingerprint density at radius 3 is 1.75 bits per heavy atom.